The number of carbonyl (C=O) groups excluding carboxylic acids is 3. The van der Waals surface area contributed by atoms with Crippen LogP contribution in [0.3, 0.4) is 0 Å². The zero-order chi connectivity index (χ0) is 21.1. The summed E-state index contributed by atoms with van der Waals surface area (Å²) in [6, 6.07) is 17.1. The molecule has 0 bridgehead atoms. The lowest BCUT2D eigenvalue weighted by molar-refractivity contribution is -0.127. The van der Waals surface area contributed by atoms with Gasteiger partial charge >= 0.3 is 12.1 Å². The second-order valence-electron chi connectivity index (χ2n) is 6.76. The van der Waals surface area contributed by atoms with Crippen molar-refractivity contribution in [3.8, 4) is 0 Å². The highest BCUT2D eigenvalue weighted by Crippen LogP contribution is 2.13. The molecule has 154 valence electrons. The van der Waals surface area contributed by atoms with E-state index in [1.54, 1.807) is 30.3 Å². The summed E-state index contributed by atoms with van der Waals surface area (Å²) in [7, 11) is 0. The Morgan fingerprint density at radius 1 is 0.966 bits per heavy atom. The number of ketones is 1. The van der Waals surface area contributed by atoms with Crippen LogP contribution in [0.5, 0.6) is 0 Å². The van der Waals surface area contributed by atoms with Gasteiger partial charge in [0.25, 0.3) is 0 Å². The lowest BCUT2D eigenvalue weighted by Crippen LogP contribution is -2.48. The third kappa shape index (κ3) is 7.41. The van der Waals surface area contributed by atoms with Crippen LogP contribution in [0.2, 0.25) is 0 Å². The van der Waals surface area contributed by atoms with Crippen molar-refractivity contribution in [2.24, 2.45) is 0 Å². The van der Waals surface area contributed by atoms with Gasteiger partial charge in [-0.1, -0.05) is 68.3 Å². The number of carbonyl (C=O) groups is 3. The Hall–Kier alpha value is -3.15. The average Bonchev–Trinajstić information content (AvgIpc) is 2.74. The van der Waals surface area contributed by atoms with Gasteiger partial charge in [0.15, 0.2) is 11.9 Å². The Bertz CT molecular complexity index is 791. The van der Waals surface area contributed by atoms with E-state index < -0.39 is 24.2 Å². The predicted octanol–water partition coefficient (Wildman–Crippen LogP) is 4.29. The SMILES string of the molecule is CCCC[C@H](NC(=O)OCc1ccccc1)C(OC(=O)c1ccccc1)C(C)=O. The van der Waals surface area contributed by atoms with E-state index in [2.05, 4.69) is 5.32 Å². The zero-order valence-corrected chi connectivity index (χ0v) is 16.8. The number of alkyl carbamates (subject to hydrolysis) is 1. The molecule has 0 radical (unpaired) electrons. The van der Waals surface area contributed by atoms with Gasteiger partial charge in [0, 0.05) is 0 Å². The molecule has 0 aliphatic carbocycles. The van der Waals surface area contributed by atoms with Crippen LogP contribution in [-0.2, 0) is 20.9 Å². The van der Waals surface area contributed by atoms with Gasteiger partial charge in [-0.2, -0.15) is 0 Å². The van der Waals surface area contributed by atoms with E-state index in [9.17, 15) is 14.4 Å². The number of Topliss-reactive ketones (excluding diaryl/α,β-unsaturated/α-hetero) is 1. The maximum absolute atomic E-state index is 12.4. The van der Waals surface area contributed by atoms with Crippen molar-refractivity contribution >= 4 is 17.8 Å². The molecule has 2 aromatic rings. The molecule has 1 unspecified atom stereocenters. The fourth-order valence-electron chi connectivity index (χ4n) is 2.85. The number of nitrogens with one attached hydrogen (secondary N) is 1. The maximum atomic E-state index is 12.4. The molecule has 2 rings (SSSR count). The van der Waals surface area contributed by atoms with Crippen molar-refractivity contribution in [1.82, 2.24) is 5.32 Å². The van der Waals surface area contributed by atoms with Gasteiger partial charge in [-0.25, -0.2) is 9.59 Å². The van der Waals surface area contributed by atoms with Gasteiger partial charge in [-0.3, -0.25) is 4.79 Å². The van der Waals surface area contributed by atoms with Crippen molar-refractivity contribution in [1.29, 1.82) is 0 Å². The minimum Gasteiger partial charge on any atom is -0.449 e. The minimum absolute atomic E-state index is 0.113. The largest absolute Gasteiger partial charge is 0.449 e. The van der Waals surface area contributed by atoms with Crippen molar-refractivity contribution in [2.75, 3.05) is 0 Å². The number of hydrogen-bond donors (Lipinski definition) is 1. The van der Waals surface area contributed by atoms with Crippen LogP contribution in [0.15, 0.2) is 60.7 Å². The summed E-state index contributed by atoms with van der Waals surface area (Å²) in [5.74, 6) is -0.939. The highest BCUT2D eigenvalue weighted by molar-refractivity contribution is 5.92. The molecule has 29 heavy (non-hydrogen) atoms. The topological polar surface area (TPSA) is 81.7 Å². The van der Waals surface area contributed by atoms with Gasteiger partial charge in [0.2, 0.25) is 0 Å². The first-order chi connectivity index (χ1) is 14.0. The van der Waals surface area contributed by atoms with Gasteiger partial charge < -0.3 is 14.8 Å². The van der Waals surface area contributed by atoms with Gasteiger partial charge in [-0.15, -0.1) is 0 Å². The molecule has 2 aromatic carbocycles. The first-order valence-corrected chi connectivity index (χ1v) is 9.75. The van der Waals surface area contributed by atoms with E-state index in [1.165, 1.54) is 6.92 Å². The standard InChI is InChI=1S/C23H27NO5/c1-3-4-15-20(24-23(27)28-16-18-11-7-5-8-12-18)21(17(2)25)29-22(26)19-13-9-6-10-14-19/h5-14,20-21H,3-4,15-16H2,1-2H3,(H,24,27)/t20-,21?/m0/s1. The van der Waals surface area contributed by atoms with Crippen LogP contribution in [0, 0.1) is 0 Å². The fourth-order valence-corrected chi connectivity index (χ4v) is 2.85. The lowest BCUT2D eigenvalue weighted by atomic mass is 10.0. The Labute approximate surface area is 171 Å². The predicted molar refractivity (Wildman–Crippen MR) is 109 cm³/mol. The Kier molecular flexibility index (Phi) is 8.89. The monoisotopic (exact) mass is 397 g/mol. The normalized spacial score (nSPS) is 12.5. The maximum Gasteiger partial charge on any atom is 0.407 e. The molecule has 0 heterocycles. The number of ether oxygens (including phenoxy) is 2. The summed E-state index contributed by atoms with van der Waals surface area (Å²) in [4.78, 5) is 36.9. The number of rotatable bonds is 10. The molecule has 0 aromatic heterocycles. The van der Waals surface area contributed by atoms with Crippen molar-refractivity contribution < 1.29 is 23.9 Å². The summed E-state index contributed by atoms with van der Waals surface area (Å²) < 4.78 is 10.7. The number of hydrogen-bond acceptors (Lipinski definition) is 5. The number of benzene rings is 2. The van der Waals surface area contributed by atoms with Crippen LogP contribution in [-0.4, -0.2) is 30.0 Å². The summed E-state index contributed by atoms with van der Waals surface area (Å²) in [6.45, 7) is 3.46. The number of amides is 1. The van der Waals surface area contributed by atoms with E-state index in [0.717, 1.165) is 18.4 Å². The third-order valence-electron chi connectivity index (χ3n) is 4.39. The molecule has 6 heteroatoms. The third-order valence-corrected chi connectivity index (χ3v) is 4.39. The van der Waals surface area contributed by atoms with Crippen LogP contribution in [0.4, 0.5) is 4.79 Å². The van der Waals surface area contributed by atoms with Crippen molar-refractivity contribution in [2.45, 2.75) is 51.9 Å². The Morgan fingerprint density at radius 3 is 2.17 bits per heavy atom. The van der Waals surface area contributed by atoms with Crippen LogP contribution in [0.25, 0.3) is 0 Å². The zero-order valence-electron chi connectivity index (χ0n) is 16.8. The van der Waals surface area contributed by atoms with E-state index in [1.807, 2.05) is 37.3 Å². The molecular weight excluding hydrogens is 370 g/mol. The molecular formula is C23H27NO5. The van der Waals surface area contributed by atoms with E-state index >= 15 is 0 Å². The summed E-state index contributed by atoms with van der Waals surface area (Å²) in [5.41, 5.74) is 1.20. The molecule has 6 nitrogen and oxygen atoms in total. The summed E-state index contributed by atoms with van der Waals surface area (Å²) in [6.07, 6.45) is 0.379. The number of unbranched alkanes of at least 4 members (excludes halogenated alkanes) is 1. The Balaban J connectivity index is 2.04. The molecule has 0 saturated carbocycles. The molecule has 1 N–H and O–H groups in total. The molecule has 1 amide bonds. The van der Waals surface area contributed by atoms with Crippen LogP contribution in [0.1, 0.15) is 49.0 Å². The van der Waals surface area contributed by atoms with Crippen molar-refractivity contribution in [3.05, 3.63) is 71.8 Å². The van der Waals surface area contributed by atoms with E-state index in [-0.39, 0.29) is 12.4 Å². The fraction of sp³-hybridized carbons (Fsp3) is 0.348. The number of esters is 1. The molecule has 0 aliphatic heterocycles. The van der Waals surface area contributed by atoms with Crippen LogP contribution < -0.4 is 5.32 Å². The second-order valence-corrected chi connectivity index (χ2v) is 6.76. The second kappa shape index (κ2) is 11.6. The molecule has 0 saturated heterocycles. The van der Waals surface area contributed by atoms with Gasteiger partial charge in [-0.05, 0) is 31.0 Å². The highest BCUT2D eigenvalue weighted by atomic mass is 16.6. The van der Waals surface area contributed by atoms with E-state index in [4.69, 9.17) is 9.47 Å². The summed E-state index contributed by atoms with van der Waals surface area (Å²) >= 11 is 0. The molecule has 0 spiro atoms. The van der Waals surface area contributed by atoms with Gasteiger partial charge in [0.05, 0.1) is 11.6 Å². The van der Waals surface area contributed by atoms with Gasteiger partial charge in [0.1, 0.15) is 6.61 Å². The van der Waals surface area contributed by atoms with E-state index in [0.29, 0.717) is 12.0 Å². The highest BCUT2D eigenvalue weighted by Gasteiger charge is 2.31. The quantitative estimate of drug-likeness (QED) is 0.605. The smallest absolute Gasteiger partial charge is 0.407 e. The van der Waals surface area contributed by atoms with Crippen LogP contribution >= 0.6 is 0 Å². The Morgan fingerprint density at radius 2 is 1.59 bits per heavy atom. The minimum atomic E-state index is -1.08. The molecule has 0 fully saturated rings. The first kappa shape index (κ1) is 22.1. The first-order valence-electron chi connectivity index (χ1n) is 9.75. The molecule has 2 atom stereocenters. The lowest BCUT2D eigenvalue weighted by Gasteiger charge is -2.26. The molecule has 0 aliphatic rings. The summed E-state index contributed by atoms with van der Waals surface area (Å²) in [5, 5.41) is 2.70. The average molecular weight is 397 g/mol. The van der Waals surface area contributed by atoms with Crippen molar-refractivity contribution in [3.63, 3.8) is 0 Å².